The Labute approximate surface area is 108 Å². The van der Waals surface area contributed by atoms with Gasteiger partial charge >= 0.3 is 11.9 Å². The van der Waals surface area contributed by atoms with Gasteiger partial charge in [-0.2, -0.15) is 13.2 Å². The second kappa shape index (κ2) is 4.71. The maximum atomic E-state index is 12.6. The van der Waals surface area contributed by atoms with Gasteiger partial charge in [-0.05, 0) is 0 Å². The third-order valence-corrected chi connectivity index (χ3v) is 2.70. The summed E-state index contributed by atoms with van der Waals surface area (Å²) in [7, 11) is 0. The van der Waals surface area contributed by atoms with Gasteiger partial charge in [-0.15, -0.1) is 0 Å². The summed E-state index contributed by atoms with van der Waals surface area (Å²) >= 11 is 0. The Balaban J connectivity index is 2.45. The van der Waals surface area contributed by atoms with Gasteiger partial charge in [-0.3, -0.25) is 14.3 Å². The second-order valence-electron chi connectivity index (χ2n) is 4.01. The lowest BCUT2D eigenvalue weighted by atomic mass is 10.3. The van der Waals surface area contributed by atoms with Gasteiger partial charge in [0.15, 0.2) is 12.0 Å². The van der Waals surface area contributed by atoms with E-state index in [0.29, 0.717) is 10.8 Å². The monoisotopic (exact) mass is 294 g/mol. The summed E-state index contributed by atoms with van der Waals surface area (Å²) in [5, 5.41) is 18.2. The van der Waals surface area contributed by atoms with Crippen molar-refractivity contribution in [2.75, 3.05) is 6.61 Å². The number of alkyl halides is 3. The van der Waals surface area contributed by atoms with Crippen LogP contribution in [-0.4, -0.2) is 26.4 Å². The zero-order chi connectivity index (χ0) is 15.1. The van der Waals surface area contributed by atoms with Crippen molar-refractivity contribution >= 4 is 0 Å². The number of aliphatic hydroxyl groups excluding tert-OH is 2. The molecule has 0 spiro atoms. The Bertz CT molecular complexity index is 673. The second-order valence-corrected chi connectivity index (χ2v) is 4.01. The van der Waals surface area contributed by atoms with E-state index in [9.17, 15) is 27.9 Å². The van der Waals surface area contributed by atoms with E-state index in [0.717, 1.165) is 0 Å². The molecule has 10 heteroatoms. The molecule has 0 aliphatic carbocycles. The first-order valence-corrected chi connectivity index (χ1v) is 5.35. The number of aromatic amines is 1. The SMILES string of the molecule is O=c1[nH]c(=O)n([C@H]2CC(O)=C(CO)O2)cc1C(F)(F)F. The largest absolute Gasteiger partial charge is 0.508 e. The van der Waals surface area contributed by atoms with Crippen molar-refractivity contribution < 1.29 is 28.1 Å². The molecular weight excluding hydrogens is 285 g/mol. The summed E-state index contributed by atoms with van der Waals surface area (Å²) in [4.78, 5) is 24.1. The molecule has 0 aromatic carbocycles. The van der Waals surface area contributed by atoms with Crippen molar-refractivity contribution in [3.63, 3.8) is 0 Å². The molecule has 1 aliphatic rings. The van der Waals surface area contributed by atoms with Crippen molar-refractivity contribution in [2.24, 2.45) is 0 Å². The van der Waals surface area contributed by atoms with Crippen LogP contribution in [0.25, 0.3) is 0 Å². The Hall–Kier alpha value is -2.23. The number of nitrogens with zero attached hydrogens (tertiary/aromatic N) is 1. The van der Waals surface area contributed by atoms with Crippen LogP contribution in [0.15, 0.2) is 27.3 Å². The van der Waals surface area contributed by atoms with E-state index in [1.54, 1.807) is 0 Å². The third kappa shape index (κ3) is 2.41. The lowest BCUT2D eigenvalue weighted by molar-refractivity contribution is -0.139. The summed E-state index contributed by atoms with van der Waals surface area (Å²) in [6.07, 6.45) is -6.17. The summed E-state index contributed by atoms with van der Waals surface area (Å²) in [6.45, 7) is -0.660. The smallest absolute Gasteiger partial charge is 0.423 e. The van der Waals surface area contributed by atoms with Crippen LogP contribution in [0.5, 0.6) is 0 Å². The van der Waals surface area contributed by atoms with Gasteiger partial charge < -0.3 is 14.9 Å². The molecule has 20 heavy (non-hydrogen) atoms. The quantitative estimate of drug-likeness (QED) is 0.724. The maximum absolute atomic E-state index is 12.6. The highest BCUT2D eigenvalue weighted by Crippen LogP contribution is 2.31. The maximum Gasteiger partial charge on any atom is 0.423 e. The summed E-state index contributed by atoms with van der Waals surface area (Å²) in [5.74, 6) is -0.606. The van der Waals surface area contributed by atoms with Crippen LogP contribution in [0.3, 0.4) is 0 Å². The highest BCUT2D eigenvalue weighted by molar-refractivity contribution is 5.12. The fourth-order valence-corrected chi connectivity index (χ4v) is 1.74. The van der Waals surface area contributed by atoms with Crippen LogP contribution in [0, 0.1) is 0 Å². The molecule has 1 aliphatic heterocycles. The van der Waals surface area contributed by atoms with Gasteiger partial charge in [-0.1, -0.05) is 0 Å². The van der Waals surface area contributed by atoms with Crippen LogP contribution in [-0.2, 0) is 10.9 Å². The first-order chi connectivity index (χ1) is 9.24. The van der Waals surface area contributed by atoms with E-state index < -0.39 is 35.8 Å². The number of nitrogens with one attached hydrogen (secondary N) is 1. The standard InChI is InChI=1S/C10H9F3N2O5/c11-10(12,13)4-2-15(9(19)14-8(4)18)7-1-5(17)6(3-16)20-7/h2,7,16-17H,1,3H2,(H,14,18,19)/t7-/m1/s1. The predicted octanol–water partition coefficient (Wildman–Crippen LogP) is 0.236. The minimum Gasteiger partial charge on any atom is -0.508 e. The number of aliphatic hydroxyl groups is 2. The van der Waals surface area contributed by atoms with Crippen molar-refractivity contribution in [3.8, 4) is 0 Å². The molecule has 2 heterocycles. The number of hydrogen-bond acceptors (Lipinski definition) is 5. The van der Waals surface area contributed by atoms with Crippen LogP contribution in [0.1, 0.15) is 18.2 Å². The van der Waals surface area contributed by atoms with Gasteiger partial charge in [0.1, 0.15) is 17.9 Å². The Kier molecular flexibility index (Phi) is 3.34. The summed E-state index contributed by atoms with van der Waals surface area (Å²) in [6, 6.07) is 0. The molecule has 1 aromatic rings. The van der Waals surface area contributed by atoms with Gasteiger partial charge in [0.05, 0.1) is 6.42 Å². The molecular formula is C10H9F3N2O5. The van der Waals surface area contributed by atoms with Crippen LogP contribution < -0.4 is 11.2 Å². The molecule has 0 amide bonds. The van der Waals surface area contributed by atoms with E-state index in [4.69, 9.17) is 9.84 Å². The Morgan fingerprint density at radius 2 is 2.10 bits per heavy atom. The first kappa shape index (κ1) is 14.2. The molecule has 2 rings (SSSR count). The van der Waals surface area contributed by atoms with Crippen LogP contribution >= 0.6 is 0 Å². The van der Waals surface area contributed by atoms with E-state index in [1.165, 1.54) is 4.98 Å². The minimum absolute atomic E-state index is 0.235. The number of aromatic nitrogens is 2. The molecule has 0 saturated heterocycles. The molecule has 0 radical (unpaired) electrons. The van der Waals surface area contributed by atoms with Gasteiger partial charge in [-0.25, -0.2) is 4.79 Å². The topological polar surface area (TPSA) is 105 Å². The molecule has 1 aromatic heterocycles. The molecule has 3 N–H and O–H groups in total. The average molecular weight is 294 g/mol. The minimum atomic E-state index is -4.93. The molecule has 110 valence electrons. The Morgan fingerprint density at radius 3 is 2.60 bits per heavy atom. The highest BCUT2D eigenvalue weighted by Gasteiger charge is 2.36. The number of halogens is 3. The van der Waals surface area contributed by atoms with Gasteiger partial charge in [0.25, 0.3) is 5.56 Å². The van der Waals surface area contributed by atoms with E-state index in [1.807, 2.05) is 0 Å². The van der Waals surface area contributed by atoms with Crippen LogP contribution in [0.2, 0.25) is 0 Å². The van der Waals surface area contributed by atoms with Crippen molar-refractivity contribution in [3.05, 3.63) is 44.1 Å². The summed E-state index contributed by atoms with van der Waals surface area (Å²) in [5.41, 5.74) is -4.23. The van der Waals surface area contributed by atoms with Crippen molar-refractivity contribution in [1.82, 2.24) is 9.55 Å². The average Bonchev–Trinajstić information content (AvgIpc) is 2.68. The van der Waals surface area contributed by atoms with E-state index >= 15 is 0 Å². The van der Waals surface area contributed by atoms with E-state index in [-0.39, 0.29) is 17.9 Å². The lowest BCUT2D eigenvalue weighted by Crippen LogP contribution is -2.36. The summed E-state index contributed by atoms with van der Waals surface area (Å²) < 4.78 is 43.2. The molecule has 0 fully saturated rings. The van der Waals surface area contributed by atoms with Gasteiger partial charge in [0.2, 0.25) is 0 Å². The molecule has 7 nitrogen and oxygen atoms in total. The number of hydrogen-bond donors (Lipinski definition) is 3. The van der Waals surface area contributed by atoms with Crippen molar-refractivity contribution in [1.29, 1.82) is 0 Å². The predicted molar refractivity (Wildman–Crippen MR) is 57.8 cm³/mol. The highest BCUT2D eigenvalue weighted by atomic mass is 19.4. The van der Waals surface area contributed by atoms with Crippen molar-refractivity contribution in [2.45, 2.75) is 18.8 Å². The molecule has 0 saturated carbocycles. The molecule has 0 bridgehead atoms. The first-order valence-electron chi connectivity index (χ1n) is 5.35. The molecule has 1 atom stereocenters. The molecule has 0 unspecified atom stereocenters. The fourth-order valence-electron chi connectivity index (χ4n) is 1.74. The van der Waals surface area contributed by atoms with Crippen LogP contribution in [0.4, 0.5) is 13.2 Å². The zero-order valence-electron chi connectivity index (χ0n) is 9.77. The van der Waals surface area contributed by atoms with Gasteiger partial charge in [0, 0.05) is 6.20 Å². The fraction of sp³-hybridized carbons (Fsp3) is 0.400. The normalized spacial score (nSPS) is 19.3. The number of H-pyrrole nitrogens is 1. The lowest BCUT2D eigenvalue weighted by Gasteiger charge is -2.16. The third-order valence-electron chi connectivity index (χ3n) is 2.70. The zero-order valence-corrected chi connectivity index (χ0v) is 9.77. The Morgan fingerprint density at radius 1 is 1.45 bits per heavy atom. The number of rotatable bonds is 2. The van der Waals surface area contributed by atoms with E-state index in [2.05, 4.69) is 0 Å². The number of ether oxygens (including phenoxy) is 1.